The minimum atomic E-state index is -4.31. The van der Waals surface area contributed by atoms with Crippen LogP contribution >= 0.6 is 0 Å². The van der Waals surface area contributed by atoms with Gasteiger partial charge in [0.15, 0.2) is 0 Å². The topological polar surface area (TPSA) is 158 Å². The summed E-state index contributed by atoms with van der Waals surface area (Å²) in [4.78, 5) is 23.5. The first-order valence-corrected chi connectivity index (χ1v) is 17.7. The number of carboxylic acid groups (broad SMARTS) is 1. The molecule has 0 radical (unpaired) electrons. The van der Waals surface area contributed by atoms with Crippen LogP contribution in [0.3, 0.4) is 0 Å². The second-order valence-electron chi connectivity index (χ2n) is 13.7. The number of aromatic nitrogens is 1. The van der Waals surface area contributed by atoms with Crippen molar-refractivity contribution in [3.63, 3.8) is 0 Å². The van der Waals surface area contributed by atoms with Gasteiger partial charge in [-0.05, 0) is 93.5 Å². The van der Waals surface area contributed by atoms with Crippen molar-refractivity contribution in [3.8, 4) is 22.4 Å². The zero-order valence-electron chi connectivity index (χ0n) is 28.3. The van der Waals surface area contributed by atoms with E-state index in [0.717, 1.165) is 0 Å². The van der Waals surface area contributed by atoms with Gasteiger partial charge in [-0.15, -0.1) is 0 Å². The summed E-state index contributed by atoms with van der Waals surface area (Å²) in [6, 6.07) is 10.4. The van der Waals surface area contributed by atoms with Crippen molar-refractivity contribution >= 4 is 51.6 Å². The van der Waals surface area contributed by atoms with Crippen LogP contribution in [0, 0.1) is 11.6 Å². The second kappa shape index (κ2) is 17.1. The Labute approximate surface area is 314 Å². The van der Waals surface area contributed by atoms with Crippen LogP contribution in [0.15, 0.2) is 53.4 Å². The number of hydrogen-bond donors (Lipinski definition) is 4. The molecule has 0 spiro atoms. The van der Waals surface area contributed by atoms with Crippen molar-refractivity contribution in [2.75, 3.05) is 13.1 Å². The monoisotopic (exact) mass is 729 g/mol. The number of aliphatic carboxylic acids is 1. The van der Waals surface area contributed by atoms with Gasteiger partial charge in [0.05, 0.1) is 24.3 Å². The number of sulfonamides is 1. The summed E-state index contributed by atoms with van der Waals surface area (Å²) >= 11 is 0. The molecule has 1 saturated heterocycles. The molecule has 4 N–H and O–H groups in total. The van der Waals surface area contributed by atoms with Gasteiger partial charge in [0, 0.05) is 36.9 Å². The van der Waals surface area contributed by atoms with Crippen molar-refractivity contribution in [1.29, 1.82) is 0 Å². The number of alkyl carbamates (subject to hydrolysis) is 1. The molecule has 0 bridgehead atoms. The number of carboxylic acids is 1. The molecule has 50 heavy (non-hydrogen) atoms. The molecule has 11 nitrogen and oxygen atoms in total. The van der Waals surface area contributed by atoms with E-state index in [9.17, 15) is 37.0 Å². The quantitative estimate of drug-likeness (QED) is 0.182. The molecule has 1 fully saturated rings. The fourth-order valence-electron chi connectivity index (χ4n) is 6.14. The maximum absolute atomic E-state index is 14.8. The van der Waals surface area contributed by atoms with Gasteiger partial charge in [0.2, 0.25) is 10.0 Å². The Balaban J connectivity index is 0.00000676. The number of amides is 1. The number of aliphatic hydroxyl groups excluding tert-OH is 2. The molecule has 3 unspecified atom stereocenters. The zero-order chi connectivity index (χ0) is 36.3. The van der Waals surface area contributed by atoms with E-state index >= 15 is 0 Å². The van der Waals surface area contributed by atoms with Crippen LogP contribution in [0.4, 0.5) is 13.6 Å². The third kappa shape index (κ3) is 10.4. The Morgan fingerprint density at radius 3 is 2.06 bits per heavy atom. The van der Waals surface area contributed by atoms with Crippen LogP contribution in [-0.4, -0.2) is 111 Å². The molecule has 0 saturated carbocycles. The van der Waals surface area contributed by atoms with Crippen molar-refractivity contribution in [3.05, 3.63) is 65.9 Å². The van der Waals surface area contributed by atoms with Gasteiger partial charge >= 0.3 is 41.6 Å². The molecule has 3 aromatic rings. The number of ether oxygens (including phenoxy) is 1. The van der Waals surface area contributed by atoms with Gasteiger partial charge in [-0.2, -0.15) is 4.31 Å². The van der Waals surface area contributed by atoms with Crippen LogP contribution in [0.5, 0.6) is 0 Å². The molecular weight excluding hydrogens is 683 g/mol. The molecule has 3 atom stereocenters. The fraction of sp³-hybridized carbons (Fsp3) is 0.486. The van der Waals surface area contributed by atoms with E-state index in [0.29, 0.717) is 28.9 Å². The molecule has 1 amide bonds. The summed E-state index contributed by atoms with van der Waals surface area (Å²) in [6.07, 6.45) is -3.50. The number of halogens is 2. The van der Waals surface area contributed by atoms with Gasteiger partial charge < -0.3 is 29.9 Å². The second-order valence-corrected chi connectivity index (χ2v) is 15.6. The molecule has 270 valence electrons. The van der Waals surface area contributed by atoms with Crippen LogP contribution in [0.2, 0.25) is 0 Å². The van der Waals surface area contributed by atoms with E-state index in [2.05, 4.69) is 5.32 Å². The average Bonchev–Trinajstić information content (AvgIpc) is 3.59. The van der Waals surface area contributed by atoms with Gasteiger partial charge in [-0.1, -0.05) is 26.0 Å². The van der Waals surface area contributed by atoms with Gasteiger partial charge in [-0.25, -0.2) is 22.0 Å². The van der Waals surface area contributed by atoms with Crippen molar-refractivity contribution in [2.45, 2.75) is 102 Å². The van der Waals surface area contributed by atoms with Crippen LogP contribution in [0.1, 0.15) is 71.9 Å². The van der Waals surface area contributed by atoms with Crippen LogP contribution in [0.25, 0.3) is 22.4 Å². The number of carbonyl (C=O) groups excluding carboxylic acids is 1. The zero-order valence-corrected chi connectivity index (χ0v) is 29.1. The van der Waals surface area contributed by atoms with Crippen molar-refractivity contribution < 1.29 is 46.8 Å². The molecule has 4 rings (SSSR count). The maximum atomic E-state index is 14.8. The average molecular weight is 730 g/mol. The number of hydrogen-bond acceptors (Lipinski definition) is 7. The Morgan fingerprint density at radius 2 is 1.54 bits per heavy atom. The first-order valence-electron chi connectivity index (χ1n) is 16.2. The van der Waals surface area contributed by atoms with Gasteiger partial charge in [0.25, 0.3) is 0 Å². The van der Waals surface area contributed by atoms with E-state index in [1.165, 1.54) is 52.8 Å². The SMILES string of the molecule is CC(C)c1c(S(=O)(=O)N2CCC(NC(=O)OC(C)(C)C)C2)c(-c2ccc(F)cc2)c(-c2ccc(F)cc2)n1CCC(O)CC(O)CC(=O)O.[NaH]. The van der Waals surface area contributed by atoms with Crippen molar-refractivity contribution in [2.24, 2.45) is 0 Å². The molecule has 1 aromatic heterocycles. The standard InChI is InChI=1S/C35H45F2N3O8S.Na.H/c1-21(2)31-33(49(46,47)39-16-14-26(20-39)38-34(45)48-35(3,4)5)30(22-6-10-24(36)11-7-22)32(23-8-12-25(37)13-9-23)40(31)17-15-27(41)18-28(42)19-29(43)44;;/h6-13,21,26-28,41-42H,14-20H2,1-5H3,(H,38,45)(H,43,44);;. The van der Waals surface area contributed by atoms with Gasteiger partial charge in [0.1, 0.15) is 22.1 Å². The van der Waals surface area contributed by atoms with E-state index in [1.807, 2.05) is 13.8 Å². The third-order valence-corrected chi connectivity index (χ3v) is 10.1. The van der Waals surface area contributed by atoms with Crippen LogP contribution in [-0.2, 0) is 26.1 Å². The number of benzene rings is 2. The third-order valence-electron chi connectivity index (χ3n) is 8.16. The summed E-state index contributed by atoms with van der Waals surface area (Å²) in [5.41, 5.74) is 1.16. The van der Waals surface area contributed by atoms with Crippen molar-refractivity contribution in [1.82, 2.24) is 14.2 Å². The number of carbonyl (C=O) groups is 2. The molecule has 2 aromatic carbocycles. The molecule has 1 aliphatic heterocycles. The molecule has 1 aliphatic rings. The summed E-state index contributed by atoms with van der Waals surface area (Å²) in [5, 5.41) is 32.7. The van der Waals surface area contributed by atoms with Crippen LogP contribution < -0.4 is 5.32 Å². The van der Waals surface area contributed by atoms with Gasteiger partial charge in [-0.3, -0.25) is 4.79 Å². The van der Waals surface area contributed by atoms with E-state index in [4.69, 9.17) is 9.84 Å². The Morgan fingerprint density at radius 1 is 0.980 bits per heavy atom. The predicted octanol–water partition coefficient (Wildman–Crippen LogP) is 4.84. The summed E-state index contributed by atoms with van der Waals surface area (Å²) in [7, 11) is -4.31. The minimum absolute atomic E-state index is 0. The summed E-state index contributed by atoms with van der Waals surface area (Å²) in [5.74, 6) is -2.66. The Hall–Kier alpha value is -2.85. The number of aliphatic hydroxyl groups is 2. The summed E-state index contributed by atoms with van der Waals surface area (Å²) in [6.45, 7) is 8.93. The Bertz CT molecular complexity index is 1740. The molecule has 0 aliphatic carbocycles. The number of rotatable bonds is 13. The van der Waals surface area contributed by atoms with E-state index in [-0.39, 0.29) is 72.5 Å². The molecule has 15 heteroatoms. The fourth-order valence-corrected chi connectivity index (χ4v) is 8.20. The van der Waals surface area contributed by atoms with E-state index < -0.39 is 69.9 Å². The molecule has 2 heterocycles. The number of nitrogens with one attached hydrogen (secondary N) is 1. The number of nitrogens with zero attached hydrogens (tertiary/aromatic N) is 2. The first-order chi connectivity index (χ1) is 22.9. The summed E-state index contributed by atoms with van der Waals surface area (Å²) < 4.78 is 66.4. The molecular formula is C35H46F2N3NaO8S. The normalized spacial score (nSPS) is 16.6. The Kier molecular flexibility index (Phi) is 14.2. The predicted molar refractivity (Wildman–Crippen MR) is 186 cm³/mol. The van der Waals surface area contributed by atoms with E-state index in [1.54, 1.807) is 25.3 Å². The first kappa shape index (κ1) is 41.6.